The summed E-state index contributed by atoms with van der Waals surface area (Å²) in [5.41, 5.74) is 2.08. The predicted molar refractivity (Wildman–Crippen MR) is 88.5 cm³/mol. The van der Waals surface area contributed by atoms with Crippen LogP contribution < -0.4 is 10.7 Å². The van der Waals surface area contributed by atoms with Gasteiger partial charge in [0.2, 0.25) is 0 Å². The van der Waals surface area contributed by atoms with Crippen LogP contribution in [0.4, 0.5) is 0 Å². The van der Waals surface area contributed by atoms with Crippen molar-refractivity contribution >= 4 is 26.8 Å². The van der Waals surface area contributed by atoms with E-state index in [1.54, 1.807) is 6.07 Å². The number of halogens is 1. The number of nitrogens with one attached hydrogen (secondary N) is 2. The zero-order valence-electron chi connectivity index (χ0n) is 11.9. The number of aromatic amines is 1. The van der Waals surface area contributed by atoms with Gasteiger partial charge in [-0.1, -0.05) is 28.8 Å². The molecule has 1 aliphatic heterocycles. The molecule has 0 amide bonds. The number of aromatic nitrogens is 1. The molecule has 1 saturated carbocycles. The smallest absolute Gasteiger partial charge is 0.189 e. The van der Waals surface area contributed by atoms with Crippen LogP contribution >= 0.6 is 15.9 Å². The minimum absolute atomic E-state index is 0.114. The molecule has 2 aliphatic rings. The Kier molecular flexibility index (Phi) is 3.38. The molecule has 0 unspecified atom stereocenters. The summed E-state index contributed by atoms with van der Waals surface area (Å²) in [7, 11) is 0. The molecule has 1 saturated heterocycles. The zero-order valence-corrected chi connectivity index (χ0v) is 13.4. The fourth-order valence-electron chi connectivity index (χ4n) is 3.99. The van der Waals surface area contributed by atoms with Crippen molar-refractivity contribution in [3.63, 3.8) is 0 Å². The highest BCUT2D eigenvalue weighted by Crippen LogP contribution is 2.38. The average molecular weight is 347 g/mol. The minimum Gasteiger partial charge on any atom is -0.357 e. The molecule has 2 aromatic rings. The third kappa shape index (κ3) is 2.44. The van der Waals surface area contributed by atoms with Crippen LogP contribution in [-0.2, 0) is 0 Å². The zero-order chi connectivity index (χ0) is 14.4. The molecular weight excluding hydrogens is 328 g/mol. The van der Waals surface area contributed by atoms with E-state index in [0.717, 1.165) is 33.4 Å². The predicted octanol–water partition coefficient (Wildman–Crippen LogP) is 3.88. The lowest BCUT2D eigenvalue weighted by Gasteiger charge is -2.24. The summed E-state index contributed by atoms with van der Waals surface area (Å²) in [6.45, 7) is 0. The van der Waals surface area contributed by atoms with Crippen LogP contribution in [0, 0.1) is 5.92 Å². The van der Waals surface area contributed by atoms with E-state index in [1.807, 2.05) is 18.2 Å². The fourth-order valence-corrected chi connectivity index (χ4v) is 4.35. The second-order valence-corrected chi connectivity index (χ2v) is 7.30. The number of hydrogen-bond acceptors (Lipinski definition) is 2. The van der Waals surface area contributed by atoms with Crippen molar-refractivity contribution in [3.8, 4) is 0 Å². The Bertz CT molecular complexity index is 725. The highest BCUT2D eigenvalue weighted by atomic mass is 79.9. The van der Waals surface area contributed by atoms with Gasteiger partial charge in [-0.05, 0) is 43.4 Å². The van der Waals surface area contributed by atoms with E-state index < -0.39 is 0 Å². The summed E-state index contributed by atoms with van der Waals surface area (Å²) in [6, 6.07) is 8.51. The van der Waals surface area contributed by atoms with E-state index in [2.05, 4.69) is 26.2 Å². The number of benzene rings is 1. The Hall–Kier alpha value is -1.13. The van der Waals surface area contributed by atoms with Crippen LogP contribution in [0.25, 0.3) is 10.9 Å². The molecule has 3 nitrogen and oxygen atoms in total. The lowest BCUT2D eigenvalue weighted by Crippen LogP contribution is -2.30. The van der Waals surface area contributed by atoms with E-state index in [0.29, 0.717) is 12.1 Å². The number of rotatable bonds is 1. The van der Waals surface area contributed by atoms with Gasteiger partial charge >= 0.3 is 0 Å². The first kappa shape index (κ1) is 13.5. The Morgan fingerprint density at radius 2 is 2.00 bits per heavy atom. The first-order valence-electron chi connectivity index (χ1n) is 7.79. The van der Waals surface area contributed by atoms with Crippen LogP contribution in [-0.4, -0.2) is 11.0 Å². The molecule has 0 bridgehead atoms. The van der Waals surface area contributed by atoms with Gasteiger partial charge in [0, 0.05) is 33.7 Å². The van der Waals surface area contributed by atoms with Crippen molar-refractivity contribution in [1.82, 2.24) is 10.3 Å². The van der Waals surface area contributed by atoms with Gasteiger partial charge in [0.25, 0.3) is 0 Å². The Morgan fingerprint density at radius 3 is 2.86 bits per heavy atom. The maximum absolute atomic E-state index is 12.3. The Balaban J connectivity index is 1.72. The second-order valence-electron chi connectivity index (χ2n) is 6.38. The monoisotopic (exact) mass is 346 g/mol. The first-order chi connectivity index (χ1) is 10.2. The second kappa shape index (κ2) is 5.25. The summed E-state index contributed by atoms with van der Waals surface area (Å²) < 4.78 is 0.996. The molecule has 2 N–H and O–H groups in total. The van der Waals surface area contributed by atoms with Gasteiger partial charge in [0.05, 0.1) is 5.52 Å². The number of pyridine rings is 1. The molecule has 21 heavy (non-hydrogen) atoms. The maximum Gasteiger partial charge on any atom is 0.189 e. The highest BCUT2D eigenvalue weighted by Gasteiger charge is 2.36. The molecule has 4 heteroatoms. The normalized spacial score (nSPS) is 28.7. The van der Waals surface area contributed by atoms with Crippen molar-refractivity contribution in [2.75, 3.05) is 0 Å². The lowest BCUT2D eigenvalue weighted by atomic mass is 9.85. The summed E-state index contributed by atoms with van der Waals surface area (Å²) in [6.07, 6.45) is 6.46. The summed E-state index contributed by atoms with van der Waals surface area (Å²) in [5.74, 6) is 0.783. The SMILES string of the molecule is O=c1cc([C@@H]2C[C@@H]3CCCC[C@@H]3N2)[nH]c2cc(Br)ccc12. The van der Waals surface area contributed by atoms with Crippen molar-refractivity contribution < 1.29 is 0 Å². The van der Waals surface area contributed by atoms with E-state index in [-0.39, 0.29) is 5.43 Å². The Labute approximate surface area is 132 Å². The van der Waals surface area contributed by atoms with Gasteiger partial charge in [-0.15, -0.1) is 0 Å². The number of fused-ring (bicyclic) bond motifs is 2. The lowest BCUT2D eigenvalue weighted by molar-refractivity contribution is 0.325. The highest BCUT2D eigenvalue weighted by molar-refractivity contribution is 9.10. The van der Waals surface area contributed by atoms with E-state index in [1.165, 1.54) is 25.7 Å². The van der Waals surface area contributed by atoms with Gasteiger partial charge in [-0.25, -0.2) is 0 Å². The molecule has 0 radical (unpaired) electrons. The molecule has 2 heterocycles. The molecule has 110 valence electrons. The summed E-state index contributed by atoms with van der Waals surface area (Å²) in [5, 5.41) is 4.50. The van der Waals surface area contributed by atoms with Crippen molar-refractivity contribution in [2.45, 2.75) is 44.2 Å². The quantitative estimate of drug-likeness (QED) is 0.822. The molecule has 0 spiro atoms. The molecule has 1 aromatic heterocycles. The maximum atomic E-state index is 12.3. The van der Waals surface area contributed by atoms with E-state index in [9.17, 15) is 4.79 Å². The number of hydrogen-bond donors (Lipinski definition) is 2. The third-order valence-corrected chi connectivity index (χ3v) is 5.54. The van der Waals surface area contributed by atoms with Crippen LogP contribution in [0.15, 0.2) is 33.5 Å². The molecule has 4 rings (SSSR count). The van der Waals surface area contributed by atoms with E-state index >= 15 is 0 Å². The van der Waals surface area contributed by atoms with Crippen molar-refractivity contribution in [1.29, 1.82) is 0 Å². The molecule has 1 aromatic carbocycles. The minimum atomic E-state index is 0.114. The molecule has 3 atom stereocenters. The largest absolute Gasteiger partial charge is 0.357 e. The van der Waals surface area contributed by atoms with Gasteiger partial charge in [-0.2, -0.15) is 0 Å². The van der Waals surface area contributed by atoms with E-state index in [4.69, 9.17) is 0 Å². The standard InChI is InChI=1S/C17H19BrN2O/c18-11-5-6-12-14(8-11)20-16(9-17(12)21)15-7-10-3-1-2-4-13(10)19-15/h5-6,8-10,13,15,19H,1-4,7H2,(H,20,21)/t10-,13-,15-/m0/s1. The van der Waals surface area contributed by atoms with Gasteiger partial charge < -0.3 is 10.3 Å². The number of H-pyrrole nitrogens is 1. The van der Waals surface area contributed by atoms with Crippen LogP contribution in [0.5, 0.6) is 0 Å². The molecule has 2 fully saturated rings. The van der Waals surface area contributed by atoms with Gasteiger partial charge in [0.15, 0.2) is 5.43 Å². The summed E-state index contributed by atoms with van der Waals surface area (Å²) >= 11 is 3.48. The third-order valence-electron chi connectivity index (χ3n) is 5.05. The van der Waals surface area contributed by atoms with Crippen LogP contribution in [0.2, 0.25) is 0 Å². The average Bonchev–Trinajstić information content (AvgIpc) is 2.90. The first-order valence-corrected chi connectivity index (χ1v) is 8.58. The fraction of sp³-hybridized carbons (Fsp3) is 0.471. The molecule has 1 aliphatic carbocycles. The van der Waals surface area contributed by atoms with Crippen molar-refractivity contribution in [2.24, 2.45) is 5.92 Å². The van der Waals surface area contributed by atoms with Gasteiger partial charge in [0.1, 0.15) is 0 Å². The van der Waals surface area contributed by atoms with Crippen LogP contribution in [0.1, 0.15) is 43.8 Å². The van der Waals surface area contributed by atoms with Crippen molar-refractivity contribution in [3.05, 3.63) is 44.7 Å². The Morgan fingerprint density at radius 1 is 1.14 bits per heavy atom. The topological polar surface area (TPSA) is 44.9 Å². The van der Waals surface area contributed by atoms with Crippen LogP contribution in [0.3, 0.4) is 0 Å². The van der Waals surface area contributed by atoms with Gasteiger partial charge in [-0.3, -0.25) is 4.79 Å². The molecular formula is C17H19BrN2O. The summed E-state index contributed by atoms with van der Waals surface area (Å²) in [4.78, 5) is 15.8.